The maximum Gasteiger partial charge on any atom is 0.254 e. The molecule has 3 unspecified atom stereocenters. The largest absolute Gasteiger partial charge is 0.439 e. The molecule has 0 bridgehead atoms. The first-order valence-electron chi connectivity index (χ1n) is 7.83. The molecule has 1 aromatic carbocycles. The molecule has 1 aromatic heterocycles. The van der Waals surface area contributed by atoms with Crippen LogP contribution in [-0.4, -0.2) is 21.9 Å². The molecule has 2 aliphatic carbocycles. The molecular formula is C17H17F2N3O. The minimum Gasteiger partial charge on any atom is -0.439 e. The fourth-order valence-electron chi connectivity index (χ4n) is 3.37. The van der Waals surface area contributed by atoms with Crippen molar-refractivity contribution in [2.75, 3.05) is 5.32 Å². The van der Waals surface area contributed by atoms with Crippen LogP contribution in [0, 0.1) is 11.8 Å². The highest BCUT2D eigenvalue weighted by Gasteiger charge is 2.68. The van der Waals surface area contributed by atoms with Gasteiger partial charge in [-0.25, -0.2) is 13.8 Å². The van der Waals surface area contributed by atoms with E-state index in [0.29, 0.717) is 30.4 Å². The molecule has 2 fully saturated rings. The number of rotatable bonds is 4. The number of fused-ring (bicyclic) bond motifs is 1. The average Bonchev–Trinajstić information content (AvgIpc) is 3.10. The number of hydrogen-bond donors (Lipinski definition) is 1. The molecule has 2 saturated carbocycles. The standard InChI is InChI=1S/C17H17F2N3O/c18-17(19)13-7-6-11(10-14(13)17)21-16-20-9-8-15(22-16)23-12-4-2-1-3-5-12/h1-5,8-9,11,13-14H,6-7,10H2,(H,20,21,22). The third-order valence-electron chi connectivity index (χ3n) is 4.66. The molecule has 4 nitrogen and oxygen atoms in total. The number of ether oxygens (including phenoxy) is 1. The van der Waals surface area contributed by atoms with Crippen LogP contribution in [-0.2, 0) is 0 Å². The summed E-state index contributed by atoms with van der Waals surface area (Å²) in [4.78, 5) is 8.47. The number of nitrogens with one attached hydrogen (secondary N) is 1. The van der Waals surface area contributed by atoms with Crippen LogP contribution in [0.1, 0.15) is 19.3 Å². The summed E-state index contributed by atoms with van der Waals surface area (Å²) in [6.45, 7) is 0. The van der Waals surface area contributed by atoms with Gasteiger partial charge in [0.1, 0.15) is 5.75 Å². The van der Waals surface area contributed by atoms with E-state index in [1.807, 2.05) is 30.3 Å². The number of aromatic nitrogens is 2. The van der Waals surface area contributed by atoms with E-state index in [1.165, 1.54) is 0 Å². The Labute approximate surface area is 132 Å². The van der Waals surface area contributed by atoms with E-state index in [9.17, 15) is 8.78 Å². The van der Waals surface area contributed by atoms with Crippen LogP contribution in [0.3, 0.4) is 0 Å². The summed E-state index contributed by atoms with van der Waals surface area (Å²) in [5, 5.41) is 3.17. The van der Waals surface area contributed by atoms with Gasteiger partial charge in [0.25, 0.3) is 5.92 Å². The summed E-state index contributed by atoms with van der Waals surface area (Å²) in [6, 6.07) is 11.0. The van der Waals surface area contributed by atoms with Gasteiger partial charge in [-0.2, -0.15) is 4.98 Å². The molecule has 120 valence electrons. The molecule has 0 amide bonds. The summed E-state index contributed by atoms with van der Waals surface area (Å²) in [7, 11) is 0. The first-order valence-corrected chi connectivity index (χ1v) is 7.83. The molecule has 4 rings (SSSR count). The summed E-state index contributed by atoms with van der Waals surface area (Å²) in [5.41, 5.74) is 0. The maximum atomic E-state index is 13.4. The van der Waals surface area contributed by atoms with Crippen LogP contribution in [0.5, 0.6) is 11.6 Å². The van der Waals surface area contributed by atoms with Crippen molar-refractivity contribution in [1.29, 1.82) is 0 Å². The lowest BCUT2D eigenvalue weighted by Crippen LogP contribution is -2.24. The van der Waals surface area contributed by atoms with Crippen molar-refractivity contribution in [1.82, 2.24) is 9.97 Å². The highest BCUT2D eigenvalue weighted by atomic mass is 19.3. The van der Waals surface area contributed by atoms with Crippen LogP contribution >= 0.6 is 0 Å². The van der Waals surface area contributed by atoms with Gasteiger partial charge in [-0.3, -0.25) is 0 Å². The number of anilines is 1. The van der Waals surface area contributed by atoms with Crippen molar-refractivity contribution in [2.24, 2.45) is 11.8 Å². The first-order chi connectivity index (χ1) is 11.1. The number of nitrogens with zero attached hydrogens (tertiary/aromatic N) is 2. The number of para-hydroxylation sites is 1. The van der Waals surface area contributed by atoms with Crippen molar-refractivity contribution in [2.45, 2.75) is 31.2 Å². The molecule has 3 atom stereocenters. The average molecular weight is 317 g/mol. The zero-order valence-electron chi connectivity index (χ0n) is 12.5. The Balaban J connectivity index is 1.41. The van der Waals surface area contributed by atoms with Gasteiger partial charge in [0.2, 0.25) is 11.8 Å². The van der Waals surface area contributed by atoms with Gasteiger partial charge in [-0.05, 0) is 31.4 Å². The molecule has 6 heteroatoms. The van der Waals surface area contributed by atoms with E-state index in [2.05, 4.69) is 15.3 Å². The SMILES string of the molecule is FC1(F)C2CCC(Nc3nccc(Oc4ccccc4)n3)CC21. The lowest BCUT2D eigenvalue weighted by molar-refractivity contribution is 0.0849. The van der Waals surface area contributed by atoms with Crippen LogP contribution in [0.2, 0.25) is 0 Å². The second-order valence-corrected chi connectivity index (χ2v) is 6.18. The molecule has 0 aliphatic heterocycles. The molecule has 0 spiro atoms. The van der Waals surface area contributed by atoms with E-state index >= 15 is 0 Å². The number of alkyl halides is 2. The fraction of sp³-hybridized carbons (Fsp3) is 0.412. The summed E-state index contributed by atoms with van der Waals surface area (Å²) >= 11 is 0. The van der Waals surface area contributed by atoms with Gasteiger partial charge in [0.15, 0.2) is 0 Å². The second-order valence-electron chi connectivity index (χ2n) is 6.18. The summed E-state index contributed by atoms with van der Waals surface area (Å²) in [6.07, 6.45) is 3.37. The molecule has 1 heterocycles. The second kappa shape index (κ2) is 5.44. The van der Waals surface area contributed by atoms with Gasteiger partial charge in [0, 0.05) is 30.1 Å². The van der Waals surface area contributed by atoms with Crippen molar-refractivity contribution in [3.8, 4) is 11.6 Å². The zero-order valence-corrected chi connectivity index (χ0v) is 12.5. The minimum atomic E-state index is -2.46. The van der Waals surface area contributed by atoms with E-state index < -0.39 is 17.8 Å². The summed E-state index contributed by atoms with van der Waals surface area (Å²) in [5.74, 6) is -1.80. The molecular weight excluding hydrogens is 300 g/mol. The summed E-state index contributed by atoms with van der Waals surface area (Å²) < 4.78 is 32.5. The van der Waals surface area contributed by atoms with Crippen LogP contribution in [0.4, 0.5) is 14.7 Å². The Morgan fingerprint density at radius 2 is 1.91 bits per heavy atom. The van der Waals surface area contributed by atoms with Gasteiger partial charge in [-0.15, -0.1) is 0 Å². The number of benzene rings is 1. The number of halogens is 2. The fourth-order valence-corrected chi connectivity index (χ4v) is 3.37. The van der Waals surface area contributed by atoms with Gasteiger partial charge >= 0.3 is 0 Å². The van der Waals surface area contributed by atoms with Crippen molar-refractivity contribution in [3.05, 3.63) is 42.6 Å². The molecule has 1 N–H and O–H groups in total. The van der Waals surface area contributed by atoms with Crippen LogP contribution in [0.15, 0.2) is 42.6 Å². The quantitative estimate of drug-likeness (QED) is 0.921. The van der Waals surface area contributed by atoms with Crippen molar-refractivity contribution in [3.63, 3.8) is 0 Å². The third kappa shape index (κ3) is 2.85. The number of hydrogen-bond acceptors (Lipinski definition) is 4. The minimum absolute atomic E-state index is 0.00315. The highest BCUT2D eigenvalue weighted by Crippen LogP contribution is 2.62. The Morgan fingerprint density at radius 3 is 2.70 bits per heavy atom. The van der Waals surface area contributed by atoms with E-state index in [-0.39, 0.29) is 6.04 Å². The molecule has 2 aliphatic rings. The maximum absolute atomic E-state index is 13.4. The van der Waals surface area contributed by atoms with E-state index in [4.69, 9.17) is 4.74 Å². The topological polar surface area (TPSA) is 47.0 Å². The lowest BCUT2D eigenvalue weighted by atomic mass is 9.96. The predicted octanol–water partition coefficient (Wildman–Crippen LogP) is 4.11. The lowest BCUT2D eigenvalue weighted by Gasteiger charge is -2.21. The van der Waals surface area contributed by atoms with Gasteiger partial charge in [-0.1, -0.05) is 18.2 Å². The van der Waals surface area contributed by atoms with Crippen LogP contribution < -0.4 is 10.1 Å². The zero-order chi connectivity index (χ0) is 15.9. The predicted molar refractivity (Wildman–Crippen MR) is 81.7 cm³/mol. The first kappa shape index (κ1) is 14.4. The Hall–Kier alpha value is -2.24. The van der Waals surface area contributed by atoms with Crippen LogP contribution in [0.25, 0.3) is 0 Å². The Kier molecular flexibility index (Phi) is 3.39. The van der Waals surface area contributed by atoms with Crippen molar-refractivity contribution >= 4 is 5.95 Å². The molecule has 23 heavy (non-hydrogen) atoms. The van der Waals surface area contributed by atoms with E-state index in [0.717, 1.165) is 6.42 Å². The molecule has 2 aromatic rings. The Bertz CT molecular complexity index is 695. The third-order valence-corrected chi connectivity index (χ3v) is 4.66. The monoisotopic (exact) mass is 317 g/mol. The van der Waals surface area contributed by atoms with E-state index in [1.54, 1.807) is 12.3 Å². The smallest absolute Gasteiger partial charge is 0.254 e. The highest BCUT2D eigenvalue weighted by molar-refractivity contribution is 5.32. The van der Waals surface area contributed by atoms with Gasteiger partial charge in [0.05, 0.1) is 0 Å². The normalized spacial score (nSPS) is 27.8. The molecule has 0 radical (unpaired) electrons. The van der Waals surface area contributed by atoms with Gasteiger partial charge < -0.3 is 10.1 Å². The Morgan fingerprint density at radius 1 is 1.09 bits per heavy atom. The van der Waals surface area contributed by atoms with Crippen molar-refractivity contribution < 1.29 is 13.5 Å². The molecule has 0 saturated heterocycles.